The van der Waals surface area contributed by atoms with E-state index in [1.165, 1.54) is 0 Å². The number of aldehydes is 1. The molecule has 0 fully saturated rings. The lowest BCUT2D eigenvalue weighted by molar-refractivity contribution is -0.138. The van der Waals surface area contributed by atoms with Gasteiger partial charge in [0.15, 0.2) is 6.79 Å². The quantitative estimate of drug-likeness (QED) is 0.359. The van der Waals surface area contributed by atoms with Crippen LogP contribution in [0.25, 0.3) is 0 Å². The number of carbonyl (C=O) groups is 2. The molecule has 2 N–H and O–H groups in total. The van der Waals surface area contributed by atoms with Crippen LogP contribution >= 0.6 is 0 Å². The number of carbonyl (C=O) groups excluding carboxylic acids is 1. The minimum Gasteiger partial charge on any atom is -0.480 e. The van der Waals surface area contributed by atoms with Crippen molar-refractivity contribution in [2.45, 2.75) is 12.5 Å². The Hall–Kier alpha value is -2.12. The maximum atomic E-state index is 10.9. The Kier molecular flexibility index (Phi) is 7.85. The highest BCUT2D eigenvalue weighted by Gasteiger charge is 2.16. The number of ether oxygens (including phenoxy) is 3. The van der Waals surface area contributed by atoms with Gasteiger partial charge in [-0.15, -0.1) is 0 Å². The topological polar surface area (TPSA) is 94.1 Å². The predicted octanol–water partition coefficient (Wildman–Crippen LogP) is 1.14. The molecule has 0 amide bonds. The predicted molar refractivity (Wildman–Crippen MR) is 75.5 cm³/mol. The lowest BCUT2D eigenvalue weighted by Gasteiger charge is -2.13. The van der Waals surface area contributed by atoms with Crippen LogP contribution in [-0.4, -0.2) is 50.5 Å². The second-order valence-corrected chi connectivity index (χ2v) is 4.13. The van der Waals surface area contributed by atoms with E-state index in [9.17, 15) is 9.59 Å². The Bertz CT molecular complexity index is 434. The highest BCUT2D eigenvalue weighted by atomic mass is 16.7. The molecule has 0 aliphatic carbocycles. The number of nitrogens with one attached hydrogen (secondary N) is 1. The molecule has 0 aliphatic heterocycles. The molecule has 0 radical (unpaired) electrons. The van der Waals surface area contributed by atoms with Crippen molar-refractivity contribution in [1.82, 2.24) is 0 Å². The van der Waals surface area contributed by atoms with E-state index in [-0.39, 0.29) is 13.2 Å². The number of aliphatic carboxylic acids is 1. The van der Waals surface area contributed by atoms with Gasteiger partial charge in [0.2, 0.25) is 0 Å². The third-order valence-corrected chi connectivity index (χ3v) is 2.57. The zero-order chi connectivity index (χ0) is 15.5. The number of hydrogen-bond acceptors (Lipinski definition) is 6. The lowest BCUT2D eigenvalue weighted by Crippen LogP contribution is -2.29. The Morgan fingerprint density at radius 1 is 1.33 bits per heavy atom. The van der Waals surface area contributed by atoms with Crippen LogP contribution in [0.1, 0.15) is 6.42 Å². The Morgan fingerprint density at radius 3 is 2.62 bits per heavy atom. The van der Waals surface area contributed by atoms with Crippen LogP contribution in [0.4, 0.5) is 5.69 Å². The first kappa shape index (κ1) is 16.9. The molecule has 1 aromatic carbocycles. The summed E-state index contributed by atoms with van der Waals surface area (Å²) in [4.78, 5) is 21.3. The molecule has 7 nitrogen and oxygen atoms in total. The van der Waals surface area contributed by atoms with Crippen LogP contribution in [0, 0.1) is 0 Å². The van der Waals surface area contributed by atoms with Crippen molar-refractivity contribution in [3.63, 3.8) is 0 Å². The number of hydrogen-bond donors (Lipinski definition) is 2. The summed E-state index contributed by atoms with van der Waals surface area (Å²) in [5.74, 6) is -0.478. The number of rotatable bonds is 11. The molecule has 0 aromatic heterocycles. The molecule has 21 heavy (non-hydrogen) atoms. The molecular formula is C14H19NO6. The summed E-state index contributed by atoms with van der Waals surface area (Å²) >= 11 is 0. The summed E-state index contributed by atoms with van der Waals surface area (Å²) in [6.45, 7) is 1.06. The van der Waals surface area contributed by atoms with E-state index in [1.54, 1.807) is 31.4 Å². The van der Waals surface area contributed by atoms with Crippen LogP contribution in [0.15, 0.2) is 24.3 Å². The lowest BCUT2D eigenvalue weighted by atomic mass is 10.2. The molecule has 1 aromatic rings. The van der Waals surface area contributed by atoms with Gasteiger partial charge >= 0.3 is 5.97 Å². The average molecular weight is 297 g/mol. The highest BCUT2D eigenvalue weighted by Crippen LogP contribution is 2.17. The summed E-state index contributed by atoms with van der Waals surface area (Å²) < 4.78 is 15.3. The third-order valence-electron chi connectivity index (χ3n) is 2.57. The van der Waals surface area contributed by atoms with Crippen molar-refractivity contribution >= 4 is 17.9 Å². The molecular weight excluding hydrogens is 278 g/mol. The monoisotopic (exact) mass is 297 g/mol. The van der Waals surface area contributed by atoms with Gasteiger partial charge in [0, 0.05) is 19.2 Å². The summed E-state index contributed by atoms with van der Waals surface area (Å²) in [7, 11) is 1.59. The van der Waals surface area contributed by atoms with Crippen LogP contribution in [0.5, 0.6) is 5.75 Å². The first-order valence-electron chi connectivity index (χ1n) is 6.40. The van der Waals surface area contributed by atoms with Crippen molar-refractivity contribution in [2.75, 3.05) is 32.4 Å². The van der Waals surface area contributed by atoms with Crippen LogP contribution in [0.3, 0.4) is 0 Å². The minimum atomic E-state index is -1.08. The molecule has 1 rings (SSSR count). The third kappa shape index (κ3) is 6.73. The van der Waals surface area contributed by atoms with Gasteiger partial charge in [0.05, 0.1) is 13.2 Å². The Labute approximate surface area is 122 Å². The molecule has 1 unspecified atom stereocenters. The number of methoxy groups -OCH3 is 1. The molecule has 7 heteroatoms. The molecule has 1 atom stereocenters. The summed E-state index contributed by atoms with van der Waals surface area (Å²) in [6.07, 6.45) is 0.474. The van der Waals surface area contributed by atoms with Crippen molar-refractivity contribution in [2.24, 2.45) is 0 Å². The number of carboxylic acid groups (broad SMARTS) is 1. The van der Waals surface area contributed by atoms with E-state index < -0.39 is 12.0 Å². The van der Waals surface area contributed by atoms with E-state index in [2.05, 4.69) is 5.32 Å². The van der Waals surface area contributed by atoms with Crippen LogP contribution in [-0.2, 0) is 19.1 Å². The van der Waals surface area contributed by atoms with Crippen molar-refractivity contribution in [3.8, 4) is 5.75 Å². The Morgan fingerprint density at radius 2 is 2.05 bits per heavy atom. The van der Waals surface area contributed by atoms with E-state index in [0.717, 1.165) is 0 Å². The molecule has 0 bridgehead atoms. The highest BCUT2D eigenvalue weighted by molar-refractivity contribution is 5.80. The largest absolute Gasteiger partial charge is 0.480 e. The second-order valence-electron chi connectivity index (χ2n) is 4.13. The number of carboxylic acids is 1. The molecule has 116 valence electrons. The van der Waals surface area contributed by atoms with Gasteiger partial charge < -0.3 is 29.4 Å². The van der Waals surface area contributed by atoms with E-state index >= 15 is 0 Å². The van der Waals surface area contributed by atoms with E-state index in [1.807, 2.05) is 0 Å². The fourth-order valence-corrected chi connectivity index (χ4v) is 1.48. The van der Waals surface area contributed by atoms with Crippen LogP contribution in [0.2, 0.25) is 0 Å². The number of benzene rings is 1. The molecule has 0 aliphatic rings. The van der Waals surface area contributed by atoms with E-state index in [4.69, 9.17) is 19.3 Å². The zero-order valence-corrected chi connectivity index (χ0v) is 11.8. The normalized spacial score (nSPS) is 11.7. The molecule has 0 saturated carbocycles. The van der Waals surface area contributed by atoms with Gasteiger partial charge in [-0.2, -0.15) is 0 Å². The second kappa shape index (κ2) is 9.73. The maximum absolute atomic E-state index is 10.9. The molecule has 0 heterocycles. The standard InChI is InChI=1S/C14H19NO6/c1-19-8-9-20-10-21-12-4-2-11(3-5-12)15-13(6-7-16)14(17)18/h2-5,7,13,15H,6,8-10H2,1H3,(H,17,18). The van der Waals surface area contributed by atoms with Gasteiger partial charge in [-0.25, -0.2) is 4.79 Å². The van der Waals surface area contributed by atoms with Crippen molar-refractivity contribution < 1.29 is 28.9 Å². The van der Waals surface area contributed by atoms with Crippen LogP contribution < -0.4 is 10.1 Å². The molecule has 0 saturated heterocycles. The van der Waals surface area contributed by atoms with Crippen molar-refractivity contribution in [3.05, 3.63) is 24.3 Å². The number of anilines is 1. The smallest absolute Gasteiger partial charge is 0.326 e. The SMILES string of the molecule is COCCOCOc1ccc(NC(CC=O)C(=O)O)cc1. The summed E-state index contributed by atoms with van der Waals surface area (Å²) in [6, 6.07) is 5.77. The zero-order valence-electron chi connectivity index (χ0n) is 11.8. The first-order valence-corrected chi connectivity index (χ1v) is 6.40. The fourth-order valence-electron chi connectivity index (χ4n) is 1.48. The van der Waals surface area contributed by atoms with E-state index in [0.29, 0.717) is 30.9 Å². The minimum absolute atomic E-state index is 0.0963. The van der Waals surface area contributed by atoms with Gasteiger partial charge in [-0.3, -0.25) is 0 Å². The van der Waals surface area contributed by atoms with Crippen molar-refractivity contribution in [1.29, 1.82) is 0 Å². The van der Waals surface area contributed by atoms with Gasteiger partial charge in [0.25, 0.3) is 0 Å². The van der Waals surface area contributed by atoms with Gasteiger partial charge in [0.1, 0.15) is 18.1 Å². The summed E-state index contributed by atoms with van der Waals surface area (Å²) in [5.41, 5.74) is 0.594. The average Bonchev–Trinajstić information content (AvgIpc) is 2.48. The fraction of sp³-hybridized carbons (Fsp3) is 0.429. The summed E-state index contributed by atoms with van der Waals surface area (Å²) in [5, 5.41) is 11.7. The first-order chi connectivity index (χ1) is 10.2. The van der Waals surface area contributed by atoms with Gasteiger partial charge in [-0.1, -0.05) is 0 Å². The van der Waals surface area contributed by atoms with Gasteiger partial charge in [-0.05, 0) is 24.3 Å². The molecule has 0 spiro atoms. The Balaban J connectivity index is 2.42. The maximum Gasteiger partial charge on any atom is 0.326 e.